The number of nitrogens with one attached hydrogen (secondary N) is 1. The molecule has 0 aliphatic carbocycles. The van der Waals surface area contributed by atoms with Crippen LogP contribution in [0.3, 0.4) is 0 Å². The minimum Gasteiger partial charge on any atom is -0.385 e. The molecule has 0 bridgehead atoms. The minimum atomic E-state index is -0.291. The van der Waals surface area contributed by atoms with Crippen LogP contribution in [-0.4, -0.2) is 13.7 Å². The van der Waals surface area contributed by atoms with Crippen LogP contribution in [0.2, 0.25) is 0 Å². The van der Waals surface area contributed by atoms with Crippen LogP contribution in [0.25, 0.3) is 0 Å². The summed E-state index contributed by atoms with van der Waals surface area (Å²) in [6.45, 7) is 5.23. The summed E-state index contributed by atoms with van der Waals surface area (Å²) in [5.74, 6) is 0. The molecule has 0 atom stereocenters. The molecule has 0 aliphatic rings. The molecule has 1 N–H and O–H groups in total. The largest absolute Gasteiger partial charge is 0.385 e. The third-order valence-electron chi connectivity index (χ3n) is 2.78. The first-order chi connectivity index (χ1) is 8.50. The van der Waals surface area contributed by atoms with Gasteiger partial charge in [-0.05, 0) is 32.4 Å². The number of hydrogen-bond donors (Lipinski definition) is 1. The Morgan fingerprint density at radius 2 is 2.17 bits per heavy atom. The van der Waals surface area contributed by atoms with Crippen LogP contribution in [-0.2, 0) is 11.3 Å². The topological polar surface area (TPSA) is 45.0 Å². The second-order valence-electron chi connectivity index (χ2n) is 4.87. The van der Waals surface area contributed by atoms with Crippen LogP contribution < -0.4 is 5.32 Å². The molecule has 1 aromatic rings. The molecule has 1 rings (SSSR count). The predicted molar refractivity (Wildman–Crippen MR) is 77.4 cm³/mol. The lowest BCUT2D eigenvalue weighted by atomic mass is 9.91. The summed E-state index contributed by atoms with van der Waals surface area (Å²) in [6, 6.07) is 8.32. The van der Waals surface area contributed by atoms with Gasteiger partial charge in [-0.3, -0.25) is 0 Å². The number of benzene rings is 1. The highest BCUT2D eigenvalue weighted by Crippen LogP contribution is 2.26. The number of methoxy groups -OCH3 is 1. The van der Waals surface area contributed by atoms with Crippen molar-refractivity contribution in [1.82, 2.24) is 0 Å². The first-order valence-corrected chi connectivity index (χ1v) is 6.71. The second-order valence-corrected chi connectivity index (χ2v) is 5.73. The van der Waals surface area contributed by atoms with Gasteiger partial charge in [-0.25, -0.2) is 0 Å². The van der Waals surface area contributed by atoms with Crippen molar-refractivity contribution in [2.45, 2.75) is 26.9 Å². The summed E-state index contributed by atoms with van der Waals surface area (Å²) in [6.07, 6.45) is 0.808. The number of ether oxygens (including phenoxy) is 1. The van der Waals surface area contributed by atoms with Gasteiger partial charge in [0.1, 0.15) is 0 Å². The van der Waals surface area contributed by atoms with Gasteiger partial charge in [0.05, 0.1) is 18.1 Å². The van der Waals surface area contributed by atoms with Gasteiger partial charge in [0, 0.05) is 29.4 Å². The van der Waals surface area contributed by atoms with Gasteiger partial charge in [0.15, 0.2) is 0 Å². The quantitative estimate of drug-likeness (QED) is 0.865. The number of nitriles is 1. The fraction of sp³-hybridized carbons (Fsp3) is 0.500. The summed E-state index contributed by atoms with van der Waals surface area (Å²) < 4.78 is 6.23. The molecule has 0 amide bonds. The Kier molecular flexibility index (Phi) is 5.64. The van der Waals surface area contributed by atoms with E-state index in [4.69, 9.17) is 10.00 Å². The zero-order valence-corrected chi connectivity index (χ0v) is 12.7. The van der Waals surface area contributed by atoms with Crippen LogP contribution in [0, 0.1) is 16.7 Å². The highest BCUT2D eigenvalue weighted by Gasteiger charge is 2.16. The van der Waals surface area contributed by atoms with Crippen molar-refractivity contribution in [2.24, 2.45) is 5.41 Å². The maximum Gasteiger partial charge on any atom is 0.0744 e. The van der Waals surface area contributed by atoms with E-state index in [1.807, 2.05) is 32.0 Å². The number of halogens is 1. The van der Waals surface area contributed by atoms with Gasteiger partial charge in [0.2, 0.25) is 0 Å². The molecule has 0 spiro atoms. The van der Waals surface area contributed by atoms with Crippen molar-refractivity contribution in [3.05, 3.63) is 28.2 Å². The lowest BCUT2D eigenvalue weighted by Gasteiger charge is -2.17. The van der Waals surface area contributed by atoms with E-state index in [0.29, 0.717) is 6.61 Å². The SMILES string of the molecule is COCc1c(Br)cccc1NCCC(C)(C)C#N. The Morgan fingerprint density at radius 3 is 2.78 bits per heavy atom. The van der Waals surface area contributed by atoms with Crippen LogP contribution in [0.15, 0.2) is 22.7 Å². The molecule has 18 heavy (non-hydrogen) atoms. The average molecular weight is 311 g/mol. The fourth-order valence-corrected chi connectivity index (χ4v) is 2.06. The van der Waals surface area contributed by atoms with Crippen LogP contribution in [0.1, 0.15) is 25.8 Å². The second kappa shape index (κ2) is 6.77. The lowest BCUT2D eigenvalue weighted by Crippen LogP contribution is -2.15. The standard InChI is InChI=1S/C14H19BrN2O/c1-14(2,10-16)7-8-17-13-6-4-5-12(15)11(13)9-18-3/h4-6,17H,7-9H2,1-3H3. The third-order valence-corrected chi connectivity index (χ3v) is 3.52. The van der Waals surface area contributed by atoms with Gasteiger partial charge >= 0.3 is 0 Å². The van der Waals surface area contributed by atoms with Crippen molar-refractivity contribution in [2.75, 3.05) is 19.0 Å². The Hall–Kier alpha value is -1.05. The van der Waals surface area contributed by atoms with Crippen molar-refractivity contribution in [1.29, 1.82) is 5.26 Å². The molecule has 98 valence electrons. The lowest BCUT2D eigenvalue weighted by molar-refractivity contribution is 0.185. The van der Waals surface area contributed by atoms with E-state index in [1.165, 1.54) is 0 Å². The molecular formula is C14H19BrN2O. The predicted octanol–water partition coefficient (Wildman–Crippen LogP) is 3.95. The summed E-state index contributed by atoms with van der Waals surface area (Å²) >= 11 is 3.52. The van der Waals surface area contributed by atoms with Gasteiger partial charge in [-0.2, -0.15) is 5.26 Å². The maximum atomic E-state index is 8.97. The maximum absolute atomic E-state index is 8.97. The first kappa shape index (κ1) is 15.0. The highest BCUT2D eigenvalue weighted by molar-refractivity contribution is 9.10. The van der Waals surface area contributed by atoms with E-state index >= 15 is 0 Å². The summed E-state index contributed by atoms with van der Waals surface area (Å²) in [7, 11) is 1.68. The number of rotatable bonds is 6. The van der Waals surface area contributed by atoms with Crippen molar-refractivity contribution >= 4 is 21.6 Å². The Morgan fingerprint density at radius 1 is 1.44 bits per heavy atom. The van der Waals surface area contributed by atoms with Crippen molar-refractivity contribution in [3.8, 4) is 6.07 Å². The summed E-state index contributed by atoms with van der Waals surface area (Å²) in [5, 5.41) is 12.3. The third kappa shape index (κ3) is 4.32. The highest BCUT2D eigenvalue weighted by atomic mass is 79.9. The summed E-state index contributed by atoms with van der Waals surface area (Å²) in [4.78, 5) is 0. The Balaban J connectivity index is 2.68. The summed E-state index contributed by atoms with van der Waals surface area (Å²) in [5.41, 5.74) is 1.87. The molecule has 3 nitrogen and oxygen atoms in total. The monoisotopic (exact) mass is 310 g/mol. The molecule has 1 aromatic carbocycles. The van der Waals surface area contributed by atoms with E-state index in [2.05, 4.69) is 27.3 Å². The Labute approximate surface area is 117 Å². The molecule has 0 heterocycles. The minimum absolute atomic E-state index is 0.291. The molecule has 4 heteroatoms. The Bertz CT molecular complexity index is 438. The van der Waals surface area contributed by atoms with Gasteiger partial charge < -0.3 is 10.1 Å². The molecule has 0 fully saturated rings. The zero-order chi connectivity index (χ0) is 13.6. The van der Waals surface area contributed by atoms with E-state index < -0.39 is 0 Å². The van der Waals surface area contributed by atoms with E-state index in [0.717, 1.165) is 28.7 Å². The van der Waals surface area contributed by atoms with Crippen LogP contribution in [0.5, 0.6) is 0 Å². The number of hydrogen-bond acceptors (Lipinski definition) is 3. The smallest absolute Gasteiger partial charge is 0.0744 e. The van der Waals surface area contributed by atoms with E-state index in [9.17, 15) is 0 Å². The molecule has 0 radical (unpaired) electrons. The molecule has 0 saturated carbocycles. The van der Waals surface area contributed by atoms with Crippen LogP contribution in [0.4, 0.5) is 5.69 Å². The van der Waals surface area contributed by atoms with Crippen molar-refractivity contribution < 1.29 is 4.74 Å². The normalized spacial score (nSPS) is 11.1. The van der Waals surface area contributed by atoms with Gasteiger partial charge in [0.25, 0.3) is 0 Å². The zero-order valence-electron chi connectivity index (χ0n) is 11.1. The average Bonchev–Trinajstić information content (AvgIpc) is 2.33. The molecule has 0 unspecified atom stereocenters. The van der Waals surface area contributed by atoms with Gasteiger partial charge in [-0.15, -0.1) is 0 Å². The van der Waals surface area contributed by atoms with E-state index in [1.54, 1.807) is 7.11 Å². The first-order valence-electron chi connectivity index (χ1n) is 5.91. The van der Waals surface area contributed by atoms with Crippen molar-refractivity contribution in [3.63, 3.8) is 0 Å². The van der Waals surface area contributed by atoms with E-state index in [-0.39, 0.29) is 5.41 Å². The molecule has 0 aromatic heterocycles. The number of anilines is 1. The van der Waals surface area contributed by atoms with Gasteiger partial charge in [-0.1, -0.05) is 22.0 Å². The number of nitrogens with zero attached hydrogens (tertiary/aromatic N) is 1. The fourth-order valence-electron chi connectivity index (χ4n) is 1.58. The molecular weight excluding hydrogens is 292 g/mol. The molecule has 0 saturated heterocycles. The molecule has 0 aliphatic heterocycles. The van der Waals surface area contributed by atoms with Crippen LogP contribution >= 0.6 is 15.9 Å².